The van der Waals surface area contributed by atoms with Crippen molar-refractivity contribution in [3.8, 4) is 0 Å². The number of nitrogens with zero attached hydrogens (tertiary/aromatic N) is 1. The third-order valence-corrected chi connectivity index (χ3v) is 6.41. The second-order valence-corrected chi connectivity index (χ2v) is 8.51. The number of aliphatic carboxylic acids is 1. The highest BCUT2D eigenvalue weighted by Gasteiger charge is 2.40. The summed E-state index contributed by atoms with van der Waals surface area (Å²) in [5, 5.41) is 9.91. The predicted octanol–water partition coefficient (Wildman–Crippen LogP) is 3.79. The van der Waals surface area contributed by atoms with Gasteiger partial charge in [-0.2, -0.15) is 0 Å². The summed E-state index contributed by atoms with van der Waals surface area (Å²) in [4.78, 5) is 27.2. The first-order valence-corrected chi connectivity index (χ1v) is 10.4. The molecule has 2 heterocycles. The maximum atomic E-state index is 13.0. The predicted molar refractivity (Wildman–Crippen MR) is 102 cm³/mol. The number of hydrogen-bond acceptors (Lipinski definition) is 4. The van der Waals surface area contributed by atoms with Crippen LogP contribution in [0, 0.1) is 11.8 Å². The van der Waals surface area contributed by atoms with E-state index < -0.39 is 11.9 Å². The smallest absolute Gasteiger partial charge is 0.309 e. The molecule has 0 aromatic heterocycles. The van der Waals surface area contributed by atoms with Crippen molar-refractivity contribution < 1.29 is 19.4 Å². The van der Waals surface area contributed by atoms with Crippen LogP contribution in [0.15, 0.2) is 23.1 Å². The molecule has 0 spiro atoms. The van der Waals surface area contributed by atoms with Crippen molar-refractivity contribution >= 4 is 35.2 Å². The Morgan fingerprint density at radius 3 is 2.69 bits per heavy atom. The molecule has 3 rings (SSSR count). The fraction of sp³-hybridized carbons (Fsp3) is 0.579. The summed E-state index contributed by atoms with van der Waals surface area (Å²) in [6.07, 6.45) is 1.91. The standard InChI is InChI=1S/C19H24ClNO4S/c1-2-26-16-4-3-13(20)11-15(16)18(22)21-8-5-12(6-9-21)17-14(19(23)24)7-10-25-17/h3-4,11-12,14,17H,2,5-10H2,1H3,(H,23,24)/t14?,17-/m0/s1. The maximum Gasteiger partial charge on any atom is 0.309 e. The Hall–Kier alpha value is -1.24. The fourth-order valence-corrected chi connectivity index (χ4v) is 4.84. The first-order chi connectivity index (χ1) is 12.5. The number of carboxylic acids is 1. The normalized spacial score (nSPS) is 24.0. The first-order valence-electron chi connectivity index (χ1n) is 9.07. The van der Waals surface area contributed by atoms with Crippen LogP contribution in [-0.4, -0.2) is 53.4 Å². The summed E-state index contributed by atoms with van der Waals surface area (Å²) in [6.45, 7) is 3.82. The molecule has 0 bridgehead atoms. The van der Waals surface area contributed by atoms with Crippen molar-refractivity contribution in [1.29, 1.82) is 0 Å². The molecule has 2 fully saturated rings. The zero-order chi connectivity index (χ0) is 18.7. The molecule has 1 aromatic carbocycles. The van der Waals surface area contributed by atoms with Gasteiger partial charge in [-0.1, -0.05) is 18.5 Å². The Bertz CT molecular complexity index is 676. The van der Waals surface area contributed by atoms with Gasteiger partial charge >= 0.3 is 5.97 Å². The number of hydrogen-bond donors (Lipinski definition) is 1. The van der Waals surface area contributed by atoms with Crippen LogP contribution in [0.2, 0.25) is 5.02 Å². The largest absolute Gasteiger partial charge is 0.481 e. The number of likely N-dealkylation sites (tertiary alicyclic amines) is 1. The molecule has 1 aromatic rings. The number of ether oxygens (including phenoxy) is 1. The summed E-state index contributed by atoms with van der Waals surface area (Å²) >= 11 is 7.74. The molecule has 0 aliphatic carbocycles. The highest BCUT2D eigenvalue weighted by Crippen LogP contribution is 2.34. The first kappa shape index (κ1) is 19.5. The van der Waals surface area contributed by atoms with Crippen LogP contribution >= 0.6 is 23.4 Å². The van der Waals surface area contributed by atoms with E-state index >= 15 is 0 Å². The van der Waals surface area contributed by atoms with Crippen LogP contribution < -0.4 is 0 Å². The molecule has 0 radical (unpaired) electrons. The van der Waals surface area contributed by atoms with E-state index in [1.54, 1.807) is 17.8 Å². The minimum absolute atomic E-state index is 0.00373. The van der Waals surface area contributed by atoms with Crippen LogP contribution in [0.25, 0.3) is 0 Å². The van der Waals surface area contributed by atoms with E-state index in [0.29, 0.717) is 36.7 Å². The molecule has 2 atom stereocenters. The van der Waals surface area contributed by atoms with Gasteiger partial charge in [-0.3, -0.25) is 9.59 Å². The van der Waals surface area contributed by atoms with Gasteiger partial charge in [0, 0.05) is 29.6 Å². The average molecular weight is 398 g/mol. The van der Waals surface area contributed by atoms with Gasteiger partial charge in [-0.15, -0.1) is 11.8 Å². The van der Waals surface area contributed by atoms with E-state index in [1.165, 1.54) is 0 Å². The number of carboxylic acid groups (broad SMARTS) is 1. The Balaban J connectivity index is 1.66. The Labute approximate surface area is 163 Å². The molecule has 5 nitrogen and oxygen atoms in total. The lowest BCUT2D eigenvalue weighted by Crippen LogP contribution is -2.43. The van der Waals surface area contributed by atoms with E-state index in [9.17, 15) is 14.7 Å². The summed E-state index contributed by atoms with van der Waals surface area (Å²) in [6, 6.07) is 5.46. The Morgan fingerprint density at radius 2 is 2.04 bits per heavy atom. The molecular weight excluding hydrogens is 374 g/mol. The lowest BCUT2D eigenvalue weighted by molar-refractivity contribution is -0.145. The van der Waals surface area contributed by atoms with Crippen molar-refractivity contribution in [2.75, 3.05) is 25.4 Å². The molecule has 2 saturated heterocycles. The van der Waals surface area contributed by atoms with Crippen LogP contribution in [0.5, 0.6) is 0 Å². The van der Waals surface area contributed by atoms with E-state index in [1.807, 2.05) is 17.0 Å². The van der Waals surface area contributed by atoms with Crippen molar-refractivity contribution in [1.82, 2.24) is 4.90 Å². The van der Waals surface area contributed by atoms with Crippen LogP contribution in [-0.2, 0) is 9.53 Å². The number of carbonyl (C=O) groups is 2. The topological polar surface area (TPSA) is 66.8 Å². The number of halogens is 1. The monoisotopic (exact) mass is 397 g/mol. The molecule has 26 heavy (non-hydrogen) atoms. The lowest BCUT2D eigenvalue weighted by Gasteiger charge is -2.35. The number of benzene rings is 1. The highest BCUT2D eigenvalue weighted by molar-refractivity contribution is 7.99. The third-order valence-electron chi connectivity index (χ3n) is 5.22. The zero-order valence-electron chi connectivity index (χ0n) is 14.8. The van der Waals surface area contributed by atoms with Gasteiger partial charge in [0.2, 0.25) is 0 Å². The van der Waals surface area contributed by atoms with Gasteiger partial charge < -0.3 is 14.7 Å². The van der Waals surface area contributed by atoms with E-state index in [-0.39, 0.29) is 17.9 Å². The quantitative estimate of drug-likeness (QED) is 0.765. The molecule has 2 aliphatic heterocycles. The van der Waals surface area contributed by atoms with Gasteiger partial charge in [-0.05, 0) is 49.1 Å². The molecule has 142 valence electrons. The zero-order valence-corrected chi connectivity index (χ0v) is 16.4. The molecular formula is C19H24ClNO4S. The second kappa shape index (κ2) is 8.63. The van der Waals surface area contributed by atoms with Gasteiger partial charge in [0.25, 0.3) is 5.91 Å². The maximum absolute atomic E-state index is 13.0. The summed E-state index contributed by atoms with van der Waals surface area (Å²) in [5.41, 5.74) is 0.656. The summed E-state index contributed by atoms with van der Waals surface area (Å²) < 4.78 is 5.71. The van der Waals surface area contributed by atoms with Gasteiger partial charge in [0.15, 0.2) is 0 Å². The van der Waals surface area contributed by atoms with Crippen molar-refractivity contribution in [3.63, 3.8) is 0 Å². The number of thioether (sulfide) groups is 1. The summed E-state index contributed by atoms with van der Waals surface area (Å²) in [7, 11) is 0. The molecule has 0 saturated carbocycles. The number of piperidine rings is 1. The SMILES string of the molecule is CCSc1ccc(Cl)cc1C(=O)N1CCC([C@@H]2OCCC2C(=O)O)CC1. The Morgan fingerprint density at radius 1 is 1.31 bits per heavy atom. The molecule has 1 amide bonds. The third kappa shape index (κ3) is 4.18. The minimum atomic E-state index is -0.772. The van der Waals surface area contributed by atoms with Crippen LogP contribution in [0.1, 0.15) is 36.5 Å². The number of carbonyl (C=O) groups excluding carboxylic acids is 1. The van der Waals surface area contributed by atoms with E-state index in [4.69, 9.17) is 16.3 Å². The van der Waals surface area contributed by atoms with E-state index in [2.05, 4.69) is 6.92 Å². The lowest BCUT2D eigenvalue weighted by atomic mass is 9.84. The van der Waals surface area contributed by atoms with Crippen LogP contribution in [0.4, 0.5) is 0 Å². The van der Waals surface area contributed by atoms with Gasteiger partial charge in [0.05, 0.1) is 17.6 Å². The molecule has 7 heteroatoms. The average Bonchev–Trinajstić information content (AvgIpc) is 3.13. The number of amides is 1. The molecule has 1 N–H and O–H groups in total. The van der Waals surface area contributed by atoms with Gasteiger partial charge in [-0.25, -0.2) is 0 Å². The fourth-order valence-electron chi connectivity index (χ4n) is 3.89. The second-order valence-electron chi connectivity index (χ2n) is 6.77. The minimum Gasteiger partial charge on any atom is -0.481 e. The van der Waals surface area contributed by atoms with Gasteiger partial charge in [0.1, 0.15) is 0 Å². The van der Waals surface area contributed by atoms with Crippen LogP contribution in [0.3, 0.4) is 0 Å². The Kier molecular flexibility index (Phi) is 6.48. The van der Waals surface area contributed by atoms with E-state index in [0.717, 1.165) is 23.5 Å². The van der Waals surface area contributed by atoms with Crippen molar-refractivity contribution in [2.45, 2.75) is 37.2 Å². The highest BCUT2D eigenvalue weighted by atomic mass is 35.5. The molecule has 2 aliphatic rings. The number of rotatable bonds is 5. The molecule has 1 unspecified atom stereocenters. The summed E-state index contributed by atoms with van der Waals surface area (Å²) in [5.74, 6) is -0.0935. The van der Waals surface area contributed by atoms with Crippen molar-refractivity contribution in [3.05, 3.63) is 28.8 Å². The van der Waals surface area contributed by atoms with Crippen molar-refractivity contribution in [2.24, 2.45) is 11.8 Å².